The van der Waals surface area contributed by atoms with Gasteiger partial charge in [0.2, 0.25) is 0 Å². The highest BCUT2D eigenvalue weighted by atomic mass is 16.1. The molecule has 1 rings (SSSR count). The molecule has 0 aromatic heterocycles. The van der Waals surface area contributed by atoms with Crippen molar-refractivity contribution in [1.29, 1.82) is 0 Å². The number of rotatable bonds is 1. The molecular weight excluding hydrogens is 124 g/mol. The van der Waals surface area contributed by atoms with Crippen LogP contribution in [0.3, 0.4) is 0 Å². The molecule has 0 bridgehead atoms. The molecular formula is C9H12O. The Labute approximate surface area is 61.4 Å². The van der Waals surface area contributed by atoms with Crippen molar-refractivity contribution in [2.45, 2.75) is 19.8 Å². The van der Waals surface area contributed by atoms with E-state index in [9.17, 15) is 4.79 Å². The fourth-order valence-corrected chi connectivity index (χ4v) is 1.13. The molecule has 54 valence electrons. The minimum atomic E-state index is 0.235. The van der Waals surface area contributed by atoms with Gasteiger partial charge in [-0.05, 0) is 25.3 Å². The van der Waals surface area contributed by atoms with Crippen molar-refractivity contribution >= 4 is 5.78 Å². The minimum absolute atomic E-state index is 0.235. The van der Waals surface area contributed by atoms with Gasteiger partial charge in [-0.3, -0.25) is 4.79 Å². The van der Waals surface area contributed by atoms with Crippen LogP contribution in [0.1, 0.15) is 19.8 Å². The molecule has 1 aliphatic carbocycles. The second-order valence-corrected chi connectivity index (χ2v) is 2.85. The van der Waals surface area contributed by atoms with Gasteiger partial charge in [0.1, 0.15) is 0 Å². The Balaban J connectivity index is 2.60. The molecule has 1 heteroatoms. The molecule has 0 N–H and O–H groups in total. The Morgan fingerprint density at radius 3 is 2.90 bits per heavy atom. The van der Waals surface area contributed by atoms with Crippen molar-refractivity contribution < 1.29 is 4.79 Å². The number of carbonyl (C=O) groups is 1. The number of allylic oxidation sites excluding steroid dienone is 3. The van der Waals surface area contributed by atoms with Gasteiger partial charge in [0.15, 0.2) is 5.78 Å². The molecule has 0 amide bonds. The monoisotopic (exact) mass is 136 g/mol. The van der Waals surface area contributed by atoms with Crippen LogP contribution in [0.4, 0.5) is 0 Å². The van der Waals surface area contributed by atoms with Crippen LogP contribution in [0.25, 0.3) is 0 Å². The van der Waals surface area contributed by atoms with Crippen LogP contribution in [-0.2, 0) is 4.79 Å². The summed E-state index contributed by atoms with van der Waals surface area (Å²) in [6.07, 6.45) is 5.25. The maximum atomic E-state index is 10.8. The van der Waals surface area contributed by atoms with E-state index in [1.54, 1.807) is 6.08 Å². The summed E-state index contributed by atoms with van der Waals surface area (Å²) in [5.74, 6) is 0.636. The second kappa shape index (κ2) is 2.82. The van der Waals surface area contributed by atoms with Crippen molar-refractivity contribution in [1.82, 2.24) is 0 Å². The van der Waals surface area contributed by atoms with Gasteiger partial charge in [-0.2, -0.15) is 0 Å². The minimum Gasteiger partial charge on any atom is -0.295 e. The molecule has 0 saturated carbocycles. The Kier molecular flexibility index (Phi) is 2.05. The summed E-state index contributed by atoms with van der Waals surface area (Å²) in [7, 11) is 0. The first-order chi connectivity index (χ1) is 4.70. The van der Waals surface area contributed by atoms with Crippen molar-refractivity contribution in [3.05, 3.63) is 24.3 Å². The summed E-state index contributed by atoms with van der Waals surface area (Å²) in [6.45, 7) is 5.81. The van der Waals surface area contributed by atoms with E-state index < -0.39 is 0 Å². The van der Waals surface area contributed by atoms with Crippen LogP contribution in [0.15, 0.2) is 24.3 Å². The molecule has 1 aliphatic rings. The molecule has 1 nitrogen and oxygen atoms in total. The van der Waals surface area contributed by atoms with Gasteiger partial charge in [0.05, 0.1) is 0 Å². The molecule has 0 heterocycles. The van der Waals surface area contributed by atoms with E-state index >= 15 is 0 Å². The molecule has 1 atom stereocenters. The summed E-state index contributed by atoms with van der Waals surface area (Å²) in [5, 5.41) is 0. The number of hydrogen-bond acceptors (Lipinski definition) is 1. The average molecular weight is 136 g/mol. The predicted octanol–water partition coefficient (Wildman–Crippen LogP) is 2.10. The van der Waals surface area contributed by atoms with E-state index in [2.05, 4.69) is 6.58 Å². The lowest BCUT2D eigenvalue weighted by atomic mass is 9.89. The topological polar surface area (TPSA) is 17.1 Å². The molecule has 0 spiro atoms. The number of carbonyl (C=O) groups excluding carboxylic acids is 1. The Morgan fingerprint density at radius 1 is 1.80 bits per heavy atom. The molecule has 10 heavy (non-hydrogen) atoms. The van der Waals surface area contributed by atoms with Gasteiger partial charge in [-0.1, -0.05) is 18.2 Å². The van der Waals surface area contributed by atoms with E-state index in [1.165, 1.54) is 0 Å². The van der Waals surface area contributed by atoms with Crippen LogP contribution in [0, 0.1) is 5.92 Å². The van der Waals surface area contributed by atoms with Gasteiger partial charge in [-0.25, -0.2) is 0 Å². The van der Waals surface area contributed by atoms with Crippen LogP contribution < -0.4 is 0 Å². The van der Waals surface area contributed by atoms with E-state index in [1.807, 2.05) is 13.0 Å². The van der Waals surface area contributed by atoms with Crippen LogP contribution in [-0.4, -0.2) is 5.78 Å². The largest absolute Gasteiger partial charge is 0.295 e. The van der Waals surface area contributed by atoms with Gasteiger partial charge in [0.25, 0.3) is 0 Å². The summed E-state index contributed by atoms with van der Waals surface area (Å²) >= 11 is 0. The standard InChI is InChI=1S/C9H12O/c1-7(2)8-4-3-5-9(10)6-8/h3,5,8H,1,4,6H2,2H3/t8-/m0/s1. The Hall–Kier alpha value is -0.850. The van der Waals surface area contributed by atoms with Gasteiger partial charge in [-0.15, -0.1) is 0 Å². The van der Waals surface area contributed by atoms with Gasteiger partial charge in [0, 0.05) is 6.42 Å². The molecule has 0 fully saturated rings. The highest BCUT2D eigenvalue weighted by Gasteiger charge is 2.14. The Morgan fingerprint density at radius 2 is 2.50 bits per heavy atom. The lowest BCUT2D eigenvalue weighted by Gasteiger charge is -2.15. The second-order valence-electron chi connectivity index (χ2n) is 2.85. The summed E-state index contributed by atoms with van der Waals surface area (Å²) in [4.78, 5) is 10.8. The first-order valence-electron chi connectivity index (χ1n) is 3.55. The Bertz CT molecular complexity index is 189. The maximum Gasteiger partial charge on any atom is 0.155 e. The van der Waals surface area contributed by atoms with Crippen LogP contribution >= 0.6 is 0 Å². The highest BCUT2D eigenvalue weighted by Crippen LogP contribution is 2.21. The van der Waals surface area contributed by atoms with Crippen molar-refractivity contribution in [2.75, 3.05) is 0 Å². The van der Waals surface area contributed by atoms with E-state index in [0.29, 0.717) is 12.3 Å². The molecule has 0 saturated heterocycles. The fourth-order valence-electron chi connectivity index (χ4n) is 1.13. The summed E-state index contributed by atoms with van der Waals surface area (Å²) < 4.78 is 0. The smallest absolute Gasteiger partial charge is 0.155 e. The normalized spacial score (nSPS) is 24.9. The summed E-state index contributed by atoms with van der Waals surface area (Å²) in [5.41, 5.74) is 1.12. The zero-order valence-corrected chi connectivity index (χ0v) is 6.26. The molecule has 0 unspecified atom stereocenters. The van der Waals surface area contributed by atoms with Crippen molar-refractivity contribution in [2.24, 2.45) is 5.92 Å². The first-order valence-corrected chi connectivity index (χ1v) is 3.55. The molecule has 0 aliphatic heterocycles. The third kappa shape index (κ3) is 1.56. The maximum absolute atomic E-state index is 10.8. The van der Waals surface area contributed by atoms with E-state index in [-0.39, 0.29) is 5.78 Å². The van der Waals surface area contributed by atoms with Crippen molar-refractivity contribution in [3.8, 4) is 0 Å². The van der Waals surface area contributed by atoms with Gasteiger partial charge < -0.3 is 0 Å². The summed E-state index contributed by atoms with van der Waals surface area (Å²) in [6, 6.07) is 0. The van der Waals surface area contributed by atoms with Crippen LogP contribution in [0.2, 0.25) is 0 Å². The van der Waals surface area contributed by atoms with E-state index in [0.717, 1.165) is 12.0 Å². The predicted molar refractivity (Wildman–Crippen MR) is 41.7 cm³/mol. The van der Waals surface area contributed by atoms with Crippen molar-refractivity contribution in [3.63, 3.8) is 0 Å². The molecule has 0 aromatic rings. The van der Waals surface area contributed by atoms with Crippen LogP contribution in [0.5, 0.6) is 0 Å². The lowest BCUT2D eigenvalue weighted by molar-refractivity contribution is -0.115. The number of ketones is 1. The average Bonchev–Trinajstić information content (AvgIpc) is 1.88. The lowest BCUT2D eigenvalue weighted by Crippen LogP contribution is -2.10. The number of hydrogen-bond donors (Lipinski definition) is 0. The fraction of sp³-hybridized carbons (Fsp3) is 0.444. The SMILES string of the molecule is C=C(C)[C@H]1CC=CC(=O)C1. The zero-order chi connectivity index (χ0) is 7.56. The van der Waals surface area contributed by atoms with E-state index in [4.69, 9.17) is 0 Å². The third-order valence-electron chi connectivity index (χ3n) is 1.87. The quantitative estimate of drug-likeness (QED) is 0.504. The molecule has 0 radical (unpaired) electrons. The zero-order valence-electron chi connectivity index (χ0n) is 6.26. The molecule has 0 aromatic carbocycles. The van der Waals surface area contributed by atoms with Gasteiger partial charge >= 0.3 is 0 Å². The first kappa shape index (κ1) is 7.26. The third-order valence-corrected chi connectivity index (χ3v) is 1.87. The highest BCUT2D eigenvalue weighted by molar-refractivity contribution is 5.90.